The Morgan fingerprint density at radius 1 is 1.26 bits per heavy atom. The van der Waals surface area contributed by atoms with E-state index in [9.17, 15) is 9.59 Å². The molecular formula is C14H20N2O3. The van der Waals surface area contributed by atoms with Crippen molar-refractivity contribution in [2.45, 2.75) is 26.8 Å². The maximum Gasteiger partial charge on any atom is 0.252 e. The van der Waals surface area contributed by atoms with Crippen LogP contribution in [0.3, 0.4) is 0 Å². The molecule has 1 atom stereocenters. The van der Waals surface area contributed by atoms with E-state index in [-0.39, 0.29) is 12.5 Å². The van der Waals surface area contributed by atoms with E-state index in [0.29, 0.717) is 5.56 Å². The van der Waals surface area contributed by atoms with E-state index in [1.54, 1.807) is 0 Å². The standard InChI is InChI=1S/C14H20N2O3/c1-8-5-9(2)12(10(3)6-8)14(18)16-11(7-19-4)13(15)17/h5-6,11H,7H2,1-4H3,(H2,15,17)(H,16,18). The van der Waals surface area contributed by atoms with Gasteiger partial charge in [-0.25, -0.2) is 0 Å². The van der Waals surface area contributed by atoms with Crippen molar-refractivity contribution in [1.29, 1.82) is 0 Å². The Balaban J connectivity index is 2.98. The van der Waals surface area contributed by atoms with Crippen molar-refractivity contribution in [3.8, 4) is 0 Å². The number of carbonyl (C=O) groups excluding carboxylic acids is 2. The van der Waals surface area contributed by atoms with E-state index in [4.69, 9.17) is 10.5 Å². The van der Waals surface area contributed by atoms with Gasteiger partial charge in [-0.3, -0.25) is 9.59 Å². The number of aryl methyl sites for hydroxylation is 3. The van der Waals surface area contributed by atoms with E-state index < -0.39 is 11.9 Å². The largest absolute Gasteiger partial charge is 0.382 e. The molecule has 19 heavy (non-hydrogen) atoms. The highest BCUT2D eigenvalue weighted by Crippen LogP contribution is 2.16. The van der Waals surface area contributed by atoms with Gasteiger partial charge in [-0.2, -0.15) is 0 Å². The van der Waals surface area contributed by atoms with Crippen molar-refractivity contribution in [2.24, 2.45) is 5.73 Å². The zero-order chi connectivity index (χ0) is 14.6. The second kappa shape index (κ2) is 6.33. The number of benzene rings is 1. The third-order valence-electron chi connectivity index (χ3n) is 2.89. The van der Waals surface area contributed by atoms with Crippen LogP contribution in [0.25, 0.3) is 0 Å². The summed E-state index contributed by atoms with van der Waals surface area (Å²) in [6.07, 6.45) is 0. The lowest BCUT2D eigenvalue weighted by Crippen LogP contribution is -2.47. The van der Waals surface area contributed by atoms with Crippen molar-refractivity contribution in [1.82, 2.24) is 5.32 Å². The molecule has 0 aliphatic rings. The Morgan fingerprint density at radius 2 is 1.79 bits per heavy atom. The zero-order valence-electron chi connectivity index (χ0n) is 11.7. The van der Waals surface area contributed by atoms with Crippen LogP contribution in [-0.4, -0.2) is 31.6 Å². The number of amides is 2. The second-order valence-electron chi connectivity index (χ2n) is 4.66. The fraction of sp³-hybridized carbons (Fsp3) is 0.429. The third-order valence-corrected chi connectivity index (χ3v) is 2.89. The number of carbonyl (C=O) groups is 2. The van der Waals surface area contributed by atoms with Gasteiger partial charge in [0.25, 0.3) is 5.91 Å². The van der Waals surface area contributed by atoms with Crippen LogP contribution in [0.2, 0.25) is 0 Å². The minimum Gasteiger partial charge on any atom is -0.382 e. The van der Waals surface area contributed by atoms with Crippen LogP contribution in [0.5, 0.6) is 0 Å². The molecular weight excluding hydrogens is 244 g/mol. The van der Waals surface area contributed by atoms with Gasteiger partial charge in [0.1, 0.15) is 6.04 Å². The highest BCUT2D eigenvalue weighted by Gasteiger charge is 2.20. The SMILES string of the molecule is COCC(NC(=O)c1c(C)cc(C)cc1C)C(N)=O. The predicted molar refractivity (Wildman–Crippen MR) is 73.0 cm³/mol. The number of nitrogens with one attached hydrogen (secondary N) is 1. The summed E-state index contributed by atoms with van der Waals surface area (Å²) in [5.41, 5.74) is 8.63. The van der Waals surface area contributed by atoms with Crippen LogP contribution in [0.1, 0.15) is 27.0 Å². The number of rotatable bonds is 5. The van der Waals surface area contributed by atoms with Crippen LogP contribution in [-0.2, 0) is 9.53 Å². The first-order valence-electron chi connectivity index (χ1n) is 6.03. The zero-order valence-corrected chi connectivity index (χ0v) is 11.7. The summed E-state index contributed by atoms with van der Waals surface area (Å²) < 4.78 is 4.87. The monoisotopic (exact) mass is 264 g/mol. The molecule has 1 rings (SSSR count). The summed E-state index contributed by atoms with van der Waals surface area (Å²) in [7, 11) is 1.45. The van der Waals surface area contributed by atoms with Gasteiger partial charge in [-0.15, -0.1) is 0 Å². The molecule has 104 valence electrons. The van der Waals surface area contributed by atoms with Gasteiger partial charge in [0, 0.05) is 12.7 Å². The lowest BCUT2D eigenvalue weighted by molar-refractivity contribution is -0.121. The minimum atomic E-state index is -0.822. The molecule has 5 heteroatoms. The molecule has 0 fully saturated rings. The number of nitrogens with two attached hydrogens (primary N) is 1. The maximum absolute atomic E-state index is 12.2. The highest BCUT2D eigenvalue weighted by atomic mass is 16.5. The van der Waals surface area contributed by atoms with Crippen molar-refractivity contribution < 1.29 is 14.3 Å². The van der Waals surface area contributed by atoms with Crippen molar-refractivity contribution in [2.75, 3.05) is 13.7 Å². The second-order valence-corrected chi connectivity index (χ2v) is 4.66. The average Bonchev–Trinajstić information content (AvgIpc) is 2.26. The van der Waals surface area contributed by atoms with Crippen LogP contribution < -0.4 is 11.1 Å². The van der Waals surface area contributed by atoms with Crippen LogP contribution >= 0.6 is 0 Å². The molecule has 5 nitrogen and oxygen atoms in total. The molecule has 0 aliphatic heterocycles. The van der Waals surface area contributed by atoms with E-state index in [1.807, 2.05) is 32.9 Å². The molecule has 0 saturated carbocycles. The lowest BCUT2D eigenvalue weighted by Gasteiger charge is -2.17. The Hall–Kier alpha value is -1.88. The van der Waals surface area contributed by atoms with Gasteiger partial charge in [0.2, 0.25) is 5.91 Å². The molecule has 0 spiro atoms. The molecule has 0 aliphatic carbocycles. The van der Waals surface area contributed by atoms with Crippen molar-refractivity contribution >= 4 is 11.8 Å². The molecule has 0 radical (unpaired) electrons. The smallest absolute Gasteiger partial charge is 0.252 e. The highest BCUT2D eigenvalue weighted by molar-refractivity contribution is 5.99. The molecule has 0 bridgehead atoms. The van der Waals surface area contributed by atoms with Gasteiger partial charge in [-0.1, -0.05) is 17.7 Å². The molecule has 1 unspecified atom stereocenters. The average molecular weight is 264 g/mol. The summed E-state index contributed by atoms with van der Waals surface area (Å²) in [5.74, 6) is -0.923. The first kappa shape index (κ1) is 15.2. The fourth-order valence-electron chi connectivity index (χ4n) is 2.13. The number of ether oxygens (including phenoxy) is 1. The van der Waals surface area contributed by atoms with E-state index >= 15 is 0 Å². The molecule has 0 saturated heterocycles. The first-order valence-corrected chi connectivity index (χ1v) is 6.03. The summed E-state index contributed by atoms with van der Waals surface area (Å²) in [6.45, 7) is 5.76. The molecule has 0 aromatic heterocycles. The molecule has 1 aromatic rings. The van der Waals surface area contributed by atoms with E-state index in [1.165, 1.54) is 7.11 Å². The number of primary amides is 1. The van der Waals surface area contributed by atoms with Crippen LogP contribution in [0.4, 0.5) is 0 Å². The summed E-state index contributed by atoms with van der Waals surface area (Å²) in [6, 6.07) is 3.03. The van der Waals surface area contributed by atoms with Gasteiger partial charge in [0.15, 0.2) is 0 Å². The minimum absolute atomic E-state index is 0.0605. The summed E-state index contributed by atoms with van der Waals surface area (Å²) in [5, 5.41) is 2.60. The van der Waals surface area contributed by atoms with Gasteiger partial charge >= 0.3 is 0 Å². The van der Waals surface area contributed by atoms with Crippen LogP contribution in [0, 0.1) is 20.8 Å². The third kappa shape index (κ3) is 3.79. The number of hydrogen-bond acceptors (Lipinski definition) is 3. The summed E-state index contributed by atoms with van der Waals surface area (Å²) >= 11 is 0. The van der Waals surface area contributed by atoms with Crippen molar-refractivity contribution in [3.05, 3.63) is 34.4 Å². The van der Waals surface area contributed by atoms with Crippen molar-refractivity contribution in [3.63, 3.8) is 0 Å². The Bertz CT molecular complexity index is 474. The maximum atomic E-state index is 12.2. The van der Waals surface area contributed by atoms with E-state index in [2.05, 4.69) is 5.32 Å². The first-order chi connectivity index (χ1) is 8.86. The topological polar surface area (TPSA) is 81.4 Å². The Morgan fingerprint density at radius 3 is 2.21 bits per heavy atom. The van der Waals surface area contributed by atoms with Gasteiger partial charge in [-0.05, 0) is 31.9 Å². The Kier molecular flexibility index (Phi) is 5.06. The molecule has 2 amide bonds. The quantitative estimate of drug-likeness (QED) is 0.827. The summed E-state index contributed by atoms with van der Waals surface area (Å²) in [4.78, 5) is 23.4. The Labute approximate surface area is 113 Å². The number of hydrogen-bond donors (Lipinski definition) is 2. The predicted octanol–water partition coefficient (Wildman–Crippen LogP) is 0.842. The lowest BCUT2D eigenvalue weighted by atomic mass is 9.99. The van der Waals surface area contributed by atoms with Gasteiger partial charge < -0.3 is 15.8 Å². The molecule has 1 aromatic carbocycles. The molecule has 3 N–H and O–H groups in total. The molecule has 0 heterocycles. The van der Waals surface area contributed by atoms with Gasteiger partial charge in [0.05, 0.1) is 6.61 Å². The fourth-order valence-corrected chi connectivity index (χ4v) is 2.13. The normalized spacial score (nSPS) is 12.0. The van der Waals surface area contributed by atoms with E-state index in [0.717, 1.165) is 16.7 Å². The number of methoxy groups -OCH3 is 1. The van der Waals surface area contributed by atoms with Crippen LogP contribution in [0.15, 0.2) is 12.1 Å².